The van der Waals surface area contributed by atoms with E-state index >= 15 is 0 Å². The van der Waals surface area contributed by atoms with Crippen LogP contribution in [0.3, 0.4) is 0 Å². The van der Waals surface area contributed by atoms with Crippen molar-refractivity contribution in [1.82, 2.24) is 9.30 Å². The molecular formula is C16H17N3O2. The molecule has 0 bridgehead atoms. The molecule has 1 aliphatic carbocycles. The van der Waals surface area contributed by atoms with Gasteiger partial charge in [0, 0.05) is 31.0 Å². The van der Waals surface area contributed by atoms with Crippen LogP contribution in [-0.2, 0) is 11.3 Å². The fourth-order valence-corrected chi connectivity index (χ4v) is 2.71. The third-order valence-electron chi connectivity index (χ3n) is 3.84. The highest BCUT2D eigenvalue weighted by atomic mass is 16.4. The summed E-state index contributed by atoms with van der Waals surface area (Å²) < 4.78 is 1.92. The van der Waals surface area contributed by atoms with E-state index in [1.54, 1.807) is 0 Å². The van der Waals surface area contributed by atoms with E-state index in [4.69, 9.17) is 5.11 Å². The Balaban J connectivity index is 1.87. The summed E-state index contributed by atoms with van der Waals surface area (Å²) in [5, 5.41) is 18.4. The first kappa shape index (κ1) is 13.7. The van der Waals surface area contributed by atoms with Crippen LogP contribution in [0.1, 0.15) is 24.0 Å². The van der Waals surface area contributed by atoms with Crippen LogP contribution in [0.4, 0.5) is 0 Å². The average molecular weight is 283 g/mol. The van der Waals surface area contributed by atoms with Crippen molar-refractivity contribution >= 4 is 11.5 Å². The van der Waals surface area contributed by atoms with Gasteiger partial charge in [0.15, 0.2) is 0 Å². The van der Waals surface area contributed by atoms with Crippen LogP contribution >= 0.6 is 0 Å². The number of aromatic nitrogens is 1. The molecule has 1 aliphatic rings. The number of carboxylic acid groups (broad SMARTS) is 1. The standard InChI is InChI=1S/C16H17N3O2/c17-7-14-13(10-19-6-2-1-3-15(14)19)9-18(11-16(20)21)8-12-4-5-12/h1-3,6,10,12H,4-5,8-9,11H2,(H,20,21). The third-order valence-corrected chi connectivity index (χ3v) is 3.84. The molecule has 2 aromatic heterocycles. The van der Waals surface area contributed by atoms with Crippen LogP contribution in [0.5, 0.6) is 0 Å². The number of hydrogen-bond acceptors (Lipinski definition) is 3. The molecule has 0 amide bonds. The number of nitrogens with zero attached hydrogens (tertiary/aromatic N) is 3. The van der Waals surface area contributed by atoms with Gasteiger partial charge in [-0.2, -0.15) is 5.26 Å². The molecule has 0 radical (unpaired) electrons. The Morgan fingerprint density at radius 1 is 1.48 bits per heavy atom. The molecule has 2 aromatic rings. The van der Waals surface area contributed by atoms with E-state index in [-0.39, 0.29) is 6.54 Å². The van der Waals surface area contributed by atoms with Crippen molar-refractivity contribution in [3.63, 3.8) is 0 Å². The van der Waals surface area contributed by atoms with E-state index in [0.717, 1.165) is 17.6 Å². The number of nitriles is 1. The Bertz CT molecular complexity index is 710. The van der Waals surface area contributed by atoms with E-state index in [9.17, 15) is 10.1 Å². The topological polar surface area (TPSA) is 68.7 Å². The highest BCUT2D eigenvalue weighted by molar-refractivity contribution is 5.69. The molecule has 21 heavy (non-hydrogen) atoms. The predicted molar refractivity (Wildman–Crippen MR) is 77.7 cm³/mol. The second-order valence-electron chi connectivity index (χ2n) is 5.64. The normalized spacial score (nSPS) is 14.5. The fraction of sp³-hybridized carbons (Fsp3) is 0.375. The first-order valence-electron chi connectivity index (χ1n) is 7.10. The third kappa shape index (κ3) is 3.06. The van der Waals surface area contributed by atoms with Crippen molar-refractivity contribution in [3.05, 3.63) is 41.7 Å². The molecule has 2 heterocycles. The first-order valence-corrected chi connectivity index (χ1v) is 7.10. The molecule has 1 saturated carbocycles. The second-order valence-corrected chi connectivity index (χ2v) is 5.64. The number of pyridine rings is 1. The smallest absolute Gasteiger partial charge is 0.317 e. The molecule has 1 fully saturated rings. The van der Waals surface area contributed by atoms with E-state index in [1.165, 1.54) is 12.8 Å². The van der Waals surface area contributed by atoms with Crippen LogP contribution in [-0.4, -0.2) is 33.5 Å². The number of aliphatic carboxylic acids is 1. The van der Waals surface area contributed by atoms with Gasteiger partial charge in [0.2, 0.25) is 0 Å². The highest BCUT2D eigenvalue weighted by Crippen LogP contribution is 2.30. The van der Waals surface area contributed by atoms with Gasteiger partial charge in [0.05, 0.1) is 17.6 Å². The van der Waals surface area contributed by atoms with Gasteiger partial charge >= 0.3 is 5.97 Å². The Hall–Kier alpha value is -2.32. The minimum atomic E-state index is -0.821. The van der Waals surface area contributed by atoms with Gasteiger partial charge in [-0.3, -0.25) is 9.69 Å². The minimum Gasteiger partial charge on any atom is -0.480 e. The monoisotopic (exact) mass is 283 g/mol. The van der Waals surface area contributed by atoms with Crippen molar-refractivity contribution in [2.75, 3.05) is 13.1 Å². The SMILES string of the molecule is N#Cc1c(CN(CC(=O)O)CC2CC2)cn2ccccc12. The van der Waals surface area contributed by atoms with Crippen molar-refractivity contribution < 1.29 is 9.90 Å². The Morgan fingerprint density at radius 3 is 2.95 bits per heavy atom. The molecule has 5 nitrogen and oxygen atoms in total. The summed E-state index contributed by atoms with van der Waals surface area (Å²) in [7, 11) is 0. The maximum absolute atomic E-state index is 11.0. The van der Waals surface area contributed by atoms with Crippen molar-refractivity contribution in [1.29, 1.82) is 5.26 Å². The quantitative estimate of drug-likeness (QED) is 0.881. The summed E-state index contributed by atoms with van der Waals surface area (Å²) >= 11 is 0. The lowest BCUT2D eigenvalue weighted by Crippen LogP contribution is -2.31. The Kier molecular flexibility index (Phi) is 3.63. The first-order chi connectivity index (χ1) is 10.2. The van der Waals surface area contributed by atoms with Crippen LogP contribution in [0, 0.1) is 17.2 Å². The summed E-state index contributed by atoms with van der Waals surface area (Å²) in [6.07, 6.45) is 6.19. The highest BCUT2D eigenvalue weighted by Gasteiger charge is 2.26. The molecule has 3 rings (SSSR count). The largest absolute Gasteiger partial charge is 0.480 e. The molecule has 0 saturated heterocycles. The maximum Gasteiger partial charge on any atom is 0.317 e. The van der Waals surface area contributed by atoms with Gasteiger partial charge in [-0.1, -0.05) is 6.07 Å². The zero-order valence-electron chi connectivity index (χ0n) is 11.7. The molecule has 108 valence electrons. The number of carboxylic acids is 1. The second kappa shape index (κ2) is 5.58. The lowest BCUT2D eigenvalue weighted by molar-refractivity contribution is -0.138. The average Bonchev–Trinajstić information content (AvgIpc) is 3.18. The summed E-state index contributed by atoms with van der Waals surface area (Å²) in [4.78, 5) is 12.9. The van der Waals surface area contributed by atoms with E-state index in [0.29, 0.717) is 18.0 Å². The maximum atomic E-state index is 11.0. The van der Waals surface area contributed by atoms with Gasteiger partial charge in [-0.25, -0.2) is 0 Å². The summed E-state index contributed by atoms with van der Waals surface area (Å²) in [5.41, 5.74) is 2.41. The number of hydrogen-bond donors (Lipinski definition) is 1. The molecule has 0 aliphatic heterocycles. The van der Waals surface area contributed by atoms with Crippen molar-refractivity contribution in [3.8, 4) is 6.07 Å². The number of fused-ring (bicyclic) bond motifs is 1. The fourth-order valence-electron chi connectivity index (χ4n) is 2.71. The predicted octanol–water partition coefficient (Wildman–Crippen LogP) is 2.11. The molecule has 0 atom stereocenters. The number of rotatable bonds is 6. The van der Waals surface area contributed by atoms with Gasteiger partial charge < -0.3 is 9.51 Å². The van der Waals surface area contributed by atoms with Gasteiger partial charge in [-0.15, -0.1) is 0 Å². The molecular weight excluding hydrogens is 266 g/mol. The Morgan fingerprint density at radius 2 is 2.29 bits per heavy atom. The van der Waals surface area contributed by atoms with Crippen LogP contribution in [0.25, 0.3) is 5.52 Å². The van der Waals surface area contributed by atoms with Gasteiger partial charge in [0.1, 0.15) is 6.07 Å². The van der Waals surface area contributed by atoms with Gasteiger partial charge in [-0.05, 0) is 30.9 Å². The van der Waals surface area contributed by atoms with E-state index in [1.807, 2.05) is 39.9 Å². The number of carbonyl (C=O) groups is 1. The van der Waals surface area contributed by atoms with Crippen molar-refractivity contribution in [2.45, 2.75) is 19.4 Å². The zero-order valence-corrected chi connectivity index (χ0v) is 11.7. The van der Waals surface area contributed by atoms with Crippen LogP contribution in [0.2, 0.25) is 0 Å². The van der Waals surface area contributed by atoms with E-state index < -0.39 is 5.97 Å². The molecule has 5 heteroatoms. The van der Waals surface area contributed by atoms with Gasteiger partial charge in [0.25, 0.3) is 0 Å². The minimum absolute atomic E-state index is 0.0214. The van der Waals surface area contributed by atoms with E-state index in [2.05, 4.69) is 6.07 Å². The molecule has 1 N–H and O–H groups in total. The Labute approximate surface area is 123 Å². The van der Waals surface area contributed by atoms with Crippen molar-refractivity contribution in [2.24, 2.45) is 5.92 Å². The zero-order chi connectivity index (χ0) is 14.8. The summed E-state index contributed by atoms with van der Waals surface area (Å²) in [6.45, 7) is 1.32. The molecule has 0 aromatic carbocycles. The molecule has 0 spiro atoms. The van der Waals surface area contributed by atoms with Crippen LogP contribution in [0.15, 0.2) is 30.6 Å². The van der Waals surface area contributed by atoms with Crippen LogP contribution < -0.4 is 0 Å². The molecule has 0 unspecified atom stereocenters. The lowest BCUT2D eigenvalue weighted by Gasteiger charge is -2.19. The summed E-state index contributed by atoms with van der Waals surface area (Å²) in [5.74, 6) is -0.204. The lowest BCUT2D eigenvalue weighted by atomic mass is 10.1. The summed E-state index contributed by atoms with van der Waals surface area (Å²) in [6, 6.07) is 7.97.